The van der Waals surface area contributed by atoms with Crippen LogP contribution in [0.3, 0.4) is 0 Å². The van der Waals surface area contributed by atoms with E-state index >= 15 is 0 Å². The van der Waals surface area contributed by atoms with Crippen LogP contribution in [0.25, 0.3) is 0 Å². The minimum Gasteiger partial charge on any atom is -0.312 e. The maximum Gasteiger partial charge on any atom is 0.130 e. The third-order valence-corrected chi connectivity index (χ3v) is 2.53. The highest BCUT2D eigenvalue weighted by Gasteiger charge is 2.13. The van der Waals surface area contributed by atoms with Gasteiger partial charge < -0.3 is 5.32 Å². The summed E-state index contributed by atoms with van der Waals surface area (Å²) in [5.41, 5.74) is 0.522. The van der Waals surface area contributed by atoms with Gasteiger partial charge in [0.25, 0.3) is 0 Å². The number of hydrogen-bond acceptors (Lipinski definition) is 1. The molecule has 0 atom stereocenters. The van der Waals surface area contributed by atoms with Crippen molar-refractivity contribution in [1.29, 1.82) is 0 Å². The lowest BCUT2D eigenvalue weighted by molar-refractivity contribution is 0.428. The lowest BCUT2D eigenvalue weighted by atomic mass is 9.93. The Morgan fingerprint density at radius 2 is 2.00 bits per heavy atom. The molecule has 3 heteroatoms. The molecular weight excluding hydrogens is 220 g/mol. The van der Waals surface area contributed by atoms with Crippen LogP contribution >= 0.6 is 0 Å². The third-order valence-electron chi connectivity index (χ3n) is 2.53. The zero-order chi connectivity index (χ0) is 12.9. The first-order valence-corrected chi connectivity index (χ1v) is 5.73. The summed E-state index contributed by atoms with van der Waals surface area (Å²) in [5, 5.41) is 3.17. The van der Waals surface area contributed by atoms with Crippen LogP contribution in [0.15, 0.2) is 30.4 Å². The Bertz CT molecular complexity index is 397. The zero-order valence-corrected chi connectivity index (χ0v) is 10.6. The van der Waals surface area contributed by atoms with Crippen LogP contribution in [0.2, 0.25) is 0 Å². The van der Waals surface area contributed by atoms with Gasteiger partial charge in [0, 0.05) is 24.7 Å². The molecule has 94 valence electrons. The highest BCUT2D eigenvalue weighted by molar-refractivity contribution is 5.18. The van der Waals surface area contributed by atoms with E-state index in [0.717, 1.165) is 12.6 Å². The Labute approximate surface area is 102 Å². The minimum atomic E-state index is -0.541. The summed E-state index contributed by atoms with van der Waals surface area (Å²) in [6.07, 6.45) is 4.10. The predicted molar refractivity (Wildman–Crippen MR) is 66.7 cm³/mol. The van der Waals surface area contributed by atoms with Crippen molar-refractivity contribution in [3.05, 3.63) is 47.5 Å². The van der Waals surface area contributed by atoms with Crippen LogP contribution in [0.4, 0.5) is 8.78 Å². The number of nitrogens with one attached hydrogen (secondary N) is 1. The Morgan fingerprint density at radius 3 is 2.59 bits per heavy atom. The fraction of sp³-hybridized carbons (Fsp3) is 0.429. The highest BCUT2D eigenvalue weighted by Crippen LogP contribution is 2.16. The van der Waals surface area contributed by atoms with Crippen LogP contribution in [-0.4, -0.2) is 6.54 Å². The van der Waals surface area contributed by atoms with Gasteiger partial charge in [-0.25, -0.2) is 8.78 Å². The third kappa shape index (κ3) is 4.65. The van der Waals surface area contributed by atoms with Crippen LogP contribution < -0.4 is 5.32 Å². The molecule has 0 spiro atoms. The van der Waals surface area contributed by atoms with Crippen molar-refractivity contribution in [1.82, 2.24) is 5.32 Å². The van der Waals surface area contributed by atoms with E-state index in [-0.39, 0.29) is 5.41 Å². The first kappa shape index (κ1) is 13.8. The molecule has 0 radical (unpaired) electrons. The molecule has 17 heavy (non-hydrogen) atoms. The molecular formula is C14H19F2N. The smallest absolute Gasteiger partial charge is 0.130 e. The summed E-state index contributed by atoms with van der Waals surface area (Å²) in [4.78, 5) is 0. The second-order valence-electron chi connectivity index (χ2n) is 4.83. The number of benzene rings is 1. The summed E-state index contributed by atoms with van der Waals surface area (Å²) < 4.78 is 26.0. The Kier molecular flexibility index (Phi) is 4.82. The molecule has 0 heterocycles. The number of rotatable bonds is 5. The van der Waals surface area contributed by atoms with E-state index in [0.29, 0.717) is 12.1 Å². The molecule has 1 rings (SSSR count). The molecule has 1 N–H and O–H groups in total. The highest BCUT2D eigenvalue weighted by atomic mass is 19.1. The zero-order valence-electron chi connectivity index (χ0n) is 10.6. The maximum atomic E-state index is 13.3. The predicted octanol–water partition coefficient (Wildman–Crippen LogP) is 3.66. The normalized spacial score (nSPS) is 12.3. The van der Waals surface area contributed by atoms with Crippen LogP contribution in [0, 0.1) is 17.0 Å². The van der Waals surface area contributed by atoms with Gasteiger partial charge >= 0.3 is 0 Å². The largest absolute Gasteiger partial charge is 0.312 e. The van der Waals surface area contributed by atoms with E-state index < -0.39 is 11.6 Å². The van der Waals surface area contributed by atoms with Crippen LogP contribution in [0.5, 0.6) is 0 Å². The van der Waals surface area contributed by atoms with Gasteiger partial charge in [0.1, 0.15) is 11.6 Å². The van der Waals surface area contributed by atoms with E-state index in [1.54, 1.807) is 0 Å². The van der Waals surface area contributed by atoms with Crippen LogP contribution in [-0.2, 0) is 6.54 Å². The molecule has 0 bridgehead atoms. The summed E-state index contributed by atoms with van der Waals surface area (Å²) in [6.45, 7) is 7.32. The van der Waals surface area contributed by atoms with Crippen LogP contribution in [0.1, 0.15) is 26.3 Å². The van der Waals surface area contributed by atoms with Gasteiger partial charge in [-0.05, 0) is 18.4 Å². The van der Waals surface area contributed by atoms with Gasteiger partial charge in [-0.15, -0.1) is 0 Å². The molecule has 1 nitrogen and oxygen atoms in total. The van der Waals surface area contributed by atoms with Gasteiger partial charge in [-0.3, -0.25) is 0 Å². The average Bonchev–Trinajstić information content (AvgIpc) is 2.21. The first-order chi connectivity index (χ1) is 7.94. The molecule has 0 fully saturated rings. The summed E-state index contributed by atoms with van der Waals surface area (Å²) >= 11 is 0. The lowest BCUT2D eigenvalue weighted by Gasteiger charge is -2.20. The average molecular weight is 239 g/mol. The van der Waals surface area contributed by atoms with Crippen molar-refractivity contribution in [3.63, 3.8) is 0 Å². The van der Waals surface area contributed by atoms with Gasteiger partial charge in [0.2, 0.25) is 0 Å². The molecule has 0 aromatic heterocycles. The van der Waals surface area contributed by atoms with E-state index in [9.17, 15) is 8.78 Å². The van der Waals surface area contributed by atoms with E-state index in [1.807, 2.05) is 13.0 Å². The van der Waals surface area contributed by atoms with Crippen molar-refractivity contribution >= 4 is 0 Å². The standard InChI is InChI=1S/C14H19F2N/c1-4-7-14(2,3)10-17-9-11-5-6-12(15)8-13(11)16/h4-8,17H,9-10H2,1-3H3. The van der Waals surface area contributed by atoms with Crippen molar-refractivity contribution in [2.45, 2.75) is 27.3 Å². The number of allylic oxidation sites excluding steroid dienone is 1. The van der Waals surface area contributed by atoms with E-state index in [4.69, 9.17) is 0 Å². The maximum absolute atomic E-state index is 13.3. The van der Waals surface area contributed by atoms with Gasteiger partial charge in [-0.1, -0.05) is 32.1 Å². The Morgan fingerprint density at radius 1 is 1.29 bits per heavy atom. The summed E-state index contributed by atoms with van der Waals surface area (Å²) in [5.74, 6) is -1.04. The molecule has 0 aliphatic heterocycles. The molecule has 0 aliphatic carbocycles. The molecule has 1 aromatic carbocycles. The lowest BCUT2D eigenvalue weighted by Crippen LogP contribution is -2.27. The summed E-state index contributed by atoms with van der Waals surface area (Å²) in [6, 6.07) is 3.66. The second-order valence-corrected chi connectivity index (χ2v) is 4.83. The van der Waals surface area contributed by atoms with Gasteiger partial charge in [0.05, 0.1) is 0 Å². The SMILES string of the molecule is CC=CC(C)(C)CNCc1ccc(F)cc1F. The van der Waals surface area contributed by atoms with Gasteiger partial charge in [-0.2, -0.15) is 0 Å². The second kappa shape index (κ2) is 5.92. The Hall–Kier alpha value is -1.22. The molecule has 0 aliphatic rings. The quantitative estimate of drug-likeness (QED) is 0.773. The Balaban J connectivity index is 2.51. The fourth-order valence-corrected chi connectivity index (χ4v) is 1.69. The topological polar surface area (TPSA) is 12.0 Å². The van der Waals surface area contributed by atoms with Crippen molar-refractivity contribution in [3.8, 4) is 0 Å². The van der Waals surface area contributed by atoms with Crippen molar-refractivity contribution in [2.75, 3.05) is 6.54 Å². The van der Waals surface area contributed by atoms with Gasteiger partial charge in [0.15, 0.2) is 0 Å². The summed E-state index contributed by atoms with van der Waals surface area (Å²) in [7, 11) is 0. The molecule has 0 saturated heterocycles. The monoisotopic (exact) mass is 239 g/mol. The van der Waals surface area contributed by atoms with Crippen molar-refractivity contribution < 1.29 is 8.78 Å². The number of halogens is 2. The minimum absolute atomic E-state index is 0.0330. The number of hydrogen-bond donors (Lipinski definition) is 1. The molecule has 0 unspecified atom stereocenters. The van der Waals surface area contributed by atoms with E-state index in [1.165, 1.54) is 12.1 Å². The van der Waals surface area contributed by atoms with E-state index in [2.05, 4.69) is 25.2 Å². The van der Waals surface area contributed by atoms with Crippen molar-refractivity contribution in [2.24, 2.45) is 5.41 Å². The molecule has 1 aromatic rings. The first-order valence-electron chi connectivity index (χ1n) is 5.73. The molecule has 0 saturated carbocycles. The fourth-order valence-electron chi connectivity index (χ4n) is 1.69. The molecule has 0 amide bonds.